The Labute approximate surface area is 117 Å². The van der Waals surface area contributed by atoms with E-state index in [1.54, 1.807) is 0 Å². The summed E-state index contributed by atoms with van der Waals surface area (Å²) in [6.45, 7) is 5.05. The van der Waals surface area contributed by atoms with Crippen molar-refractivity contribution in [2.75, 3.05) is 11.9 Å². The summed E-state index contributed by atoms with van der Waals surface area (Å²) in [5.74, 6) is -0.922. The number of carbonyl (C=O) groups is 1. The van der Waals surface area contributed by atoms with Crippen LogP contribution in [0.5, 0.6) is 0 Å². The number of carboxylic acid groups (broad SMARTS) is 1. The molecule has 5 nitrogen and oxygen atoms in total. The molecular weight excluding hydrogens is 264 g/mol. The first kappa shape index (κ1) is 14.3. The standard InChI is InChI=1S/C13H20N2O3S/c1-3-13(4-2)7-9(5-6-18-13)15-12-14-8-10(19-12)11(16)17/h8-9H,3-7H2,1-2H3,(H,14,15)(H,16,17). The Morgan fingerprint density at radius 2 is 2.37 bits per heavy atom. The molecule has 0 aliphatic carbocycles. The number of hydrogen-bond donors (Lipinski definition) is 2. The molecule has 1 atom stereocenters. The summed E-state index contributed by atoms with van der Waals surface area (Å²) in [5.41, 5.74) is -0.0389. The second kappa shape index (κ2) is 5.88. The molecule has 1 saturated heterocycles. The van der Waals surface area contributed by atoms with Crippen molar-refractivity contribution in [3.63, 3.8) is 0 Å². The van der Waals surface area contributed by atoms with Gasteiger partial charge in [-0.25, -0.2) is 9.78 Å². The van der Waals surface area contributed by atoms with E-state index in [4.69, 9.17) is 9.84 Å². The fourth-order valence-electron chi connectivity index (χ4n) is 2.51. The molecular formula is C13H20N2O3S. The van der Waals surface area contributed by atoms with Crippen LogP contribution >= 0.6 is 11.3 Å². The minimum Gasteiger partial charge on any atom is -0.477 e. The molecule has 1 aliphatic heterocycles. The number of nitrogens with one attached hydrogen (secondary N) is 1. The smallest absolute Gasteiger partial charge is 0.347 e. The number of ether oxygens (including phenoxy) is 1. The third-order valence-electron chi connectivity index (χ3n) is 3.83. The van der Waals surface area contributed by atoms with Crippen molar-refractivity contribution in [2.24, 2.45) is 0 Å². The Hall–Kier alpha value is -1.14. The van der Waals surface area contributed by atoms with Gasteiger partial charge in [0.15, 0.2) is 5.13 Å². The molecule has 0 bridgehead atoms. The largest absolute Gasteiger partial charge is 0.477 e. The highest BCUT2D eigenvalue weighted by Gasteiger charge is 2.34. The van der Waals surface area contributed by atoms with Gasteiger partial charge < -0.3 is 15.2 Å². The molecule has 1 aliphatic rings. The van der Waals surface area contributed by atoms with E-state index in [0.717, 1.165) is 32.3 Å². The van der Waals surface area contributed by atoms with Gasteiger partial charge in [0.25, 0.3) is 0 Å². The molecule has 0 amide bonds. The molecule has 0 aromatic carbocycles. The molecule has 1 aromatic rings. The van der Waals surface area contributed by atoms with E-state index in [1.807, 2.05) is 0 Å². The van der Waals surface area contributed by atoms with E-state index >= 15 is 0 Å². The summed E-state index contributed by atoms with van der Waals surface area (Å²) in [6, 6.07) is 0.307. The zero-order valence-electron chi connectivity index (χ0n) is 11.3. The Morgan fingerprint density at radius 3 is 2.95 bits per heavy atom. The lowest BCUT2D eigenvalue weighted by Gasteiger charge is -2.40. The van der Waals surface area contributed by atoms with Gasteiger partial charge in [-0.2, -0.15) is 0 Å². The third kappa shape index (κ3) is 3.25. The van der Waals surface area contributed by atoms with Crippen LogP contribution in [0.2, 0.25) is 0 Å². The summed E-state index contributed by atoms with van der Waals surface area (Å²) in [4.78, 5) is 15.2. The normalized spacial score (nSPS) is 22.1. The van der Waals surface area contributed by atoms with Gasteiger partial charge >= 0.3 is 5.97 Å². The summed E-state index contributed by atoms with van der Waals surface area (Å²) in [5, 5.41) is 12.9. The molecule has 106 valence electrons. The number of aromatic nitrogens is 1. The average molecular weight is 284 g/mol. The van der Waals surface area contributed by atoms with Crippen molar-refractivity contribution in [1.82, 2.24) is 4.98 Å². The van der Waals surface area contributed by atoms with Crippen molar-refractivity contribution in [1.29, 1.82) is 0 Å². The molecule has 6 heteroatoms. The number of aromatic carboxylic acids is 1. The van der Waals surface area contributed by atoms with Crippen molar-refractivity contribution in [3.8, 4) is 0 Å². The van der Waals surface area contributed by atoms with Crippen LogP contribution in [0.25, 0.3) is 0 Å². The van der Waals surface area contributed by atoms with E-state index in [0.29, 0.717) is 11.2 Å². The fraction of sp³-hybridized carbons (Fsp3) is 0.692. The summed E-state index contributed by atoms with van der Waals surface area (Å²) in [6.07, 6.45) is 5.28. The van der Waals surface area contributed by atoms with Crippen LogP contribution < -0.4 is 5.32 Å². The van der Waals surface area contributed by atoms with Gasteiger partial charge in [-0.15, -0.1) is 0 Å². The first-order valence-electron chi connectivity index (χ1n) is 6.68. The Balaban J connectivity index is 2.00. The van der Waals surface area contributed by atoms with Gasteiger partial charge in [-0.1, -0.05) is 25.2 Å². The molecule has 0 saturated carbocycles. The lowest BCUT2D eigenvalue weighted by atomic mass is 9.86. The molecule has 2 heterocycles. The minimum atomic E-state index is -0.922. The van der Waals surface area contributed by atoms with Crippen LogP contribution in [-0.2, 0) is 4.74 Å². The molecule has 0 spiro atoms. The molecule has 1 fully saturated rings. The van der Waals surface area contributed by atoms with E-state index in [2.05, 4.69) is 24.1 Å². The summed E-state index contributed by atoms with van der Waals surface area (Å²) >= 11 is 1.19. The van der Waals surface area contributed by atoms with Gasteiger partial charge in [-0.3, -0.25) is 0 Å². The van der Waals surface area contributed by atoms with E-state index in [-0.39, 0.29) is 10.5 Å². The highest BCUT2D eigenvalue weighted by molar-refractivity contribution is 7.17. The van der Waals surface area contributed by atoms with Crippen LogP contribution in [0.15, 0.2) is 6.20 Å². The number of anilines is 1. The summed E-state index contributed by atoms with van der Waals surface area (Å²) in [7, 11) is 0. The van der Waals surface area contributed by atoms with E-state index in [9.17, 15) is 4.79 Å². The zero-order valence-corrected chi connectivity index (χ0v) is 12.1. The van der Waals surface area contributed by atoms with Crippen molar-refractivity contribution in [3.05, 3.63) is 11.1 Å². The average Bonchev–Trinajstić information content (AvgIpc) is 2.87. The van der Waals surface area contributed by atoms with Gasteiger partial charge in [0.2, 0.25) is 0 Å². The Kier molecular flexibility index (Phi) is 4.42. The maximum atomic E-state index is 10.8. The van der Waals surface area contributed by atoms with Gasteiger partial charge in [0.05, 0.1) is 11.8 Å². The monoisotopic (exact) mass is 284 g/mol. The SMILES string of the molecule is CCC1(CC)CC(Nc2ncc(C(=O)O)s2)CCO1. The van der Waals surface area contributed by atoms with Gasteiger partial charge in [-0.05, 0) is 25.7 Å². The first-order valence-corrected chi connectivity index (χ1v) is 7.50. The van der Waals surface area contributed by atoms with Gasteiger partial charge in [0, 0.05) is 12.6 Å². The van der Waals surface area contributed by atoms with E-state index < -0.39 is 5.97 Å². The van der Waals surface area contributed by atoms with Crippen LogP contribution in [0.1, 0.15) is 49.2 Å². The van der Waals surface area contributed by atoms with Gasteiger partial charge in [0.1, 0.15) is 4.88 Å². The molecule has 1 aromatic heterocycles. The second-order valence-electron chi connectivity index (χ2n) is 4.91. The molecule has 1 unspecified atom stereocenters. The van der Waals surface area contributed by atoms with Crippen LogP contribution in [0.3, 0.4) is 0 Å². The number of thiazole rings is 1. The molecule has 19 heavy (non-hydrogen) atoms. The fourth-order valence-corrected chi connectivity index (χ4v) is 3.24. The quantitative estimate of drug-likeness (QED) is 0.869. The highest BCUT2D eigenvalue weighted by atomic mass is 32.1. The first-order chi connectivity index (χ1) is 9.08. The van der Waals surface area contributed by atoms with Crippen LogP contribution in [0.4, 0.5) is 5.13 Å². The molecule has 2 rings (SSSR count). The number of hydrogen-bond acceptors (Lipinski definition) is 5. The number of nitrogens with zero attached hydrogens (tertiary/aromatic N) is 1. The van der Waals surface area contributed by atoms with Crippen molar-refractivity contribution >= 4 is 22.4 Å². The zero-order chi connectivity index (χ0) is 13.9. The minimum absolute atomic E-state index is 0.0389. The van der Waals surface area contributed by atoms with Crippen LogP contribution in [-0.4, -0.2) is 34.3 Å². The topological polar surface area (TPSA) is 71.5 Å². The predicted molar refractivity (Wildman–Crippen MR) is 75.0 cm³/mol. The van der Waals surface area contributed by atoms with Crippen molar-refractivity contribution in [2.45, 2.75) is 51.2 Å². The maximum absolute atomic E-state index is 10.8. The lowest BCUT2D eigenvalue weighted by Crippen LogP contribution is -2.43. The van der Waals surface area contributed by atoms with Crippen molar-refractivity contribution < 1.29 is 14.6 Å². The van der Waals surface area contributed by atoms with Crippen LogP contribution in [0, 0.1) is 0 Å². The Bertz CT molecular complexity index is 443. The number of carboxylic acids is 1. The Morgan fingerprint density at radius 1 is 1.63 bits per heavy atom. The summed E-state index contributed by atoms with van der Waals surface area (Å²) < 4.78 is 5.92. The second-order valence-corrected chi connectivity index (χ2v) is 5.94. The molecule has 2 N–H and O–H groups in total. The highest BCUT2D eigenvalue weighted by Crippen LogP contribution is 2.33. The number of rotatable bonds is 5. The predicted octanol–water partition coefficient (Wildman–Crippen LogP) is 2.99. The lowest BCUT2D eigenvalue weighted by molar-refractivity contribution is -0.0864. The maximum Gasteiger partial charge on any atom is 0.347 e. The third-order valence-corrected chi connectivity index (χ3v) is 4.74. The molecule has 0 radical (unpaired) electrons. The van der Waals surface area contributed by atoms with E-state index in [1.165, 1.54) is 17.5 Å².